The van der Waals surface area contributed by atoms with E-state index in [0.717, 1.165) is 30.2 Å². The number of unbranched alkanes of at least 4 members (excludes halogenated alkanes) is 2. The molecule has 0 radical (unpaired) electrons. The summed E-state index contributed by atoms with van der Waals surface area (Å²) < 4.78 is 13.0. The topological polar surface area (TPSA) is 29.1 Å². The van der Waals surface area contributed by atoms with Gasteiger partial charge in [0, 0.05) is 17.4 Å². The van der Waals surface area contributed by atoms with E-state index in [4.69, 9.17) is 0 Å². The van der Waals surface area contributed by atoms with Crippen LogP contribution in [0.5, 0.6) is 0 Å². The lowest BCUT2D eigenvalue weighted by molar-refractivity contribution is 0.0952. The van der Waals surface area contributed by atoms with Crippen molar-refractivity contribution in [1.29, 1.82) is 0 Å². The zero-order valence-electron chi connectivity index (χ0n) is 9.93. The first kappa shape index (κ1) is 14.2. The summed E-state index contributed by atoms with van der Waals surface area (Å²) in [6, 6.07) is 4.26. The van der Waals surface area contributed by atoms with E-state index in [1.54, 1.807) is 13.0 Å². The molecule has 0 atom stereocenters. The Morgan fingerprint density at radius 2 is 2.12 bits per heavy atom. The number of alkyl halides is 1. The summed E-state index contributed by atoms with van der Waals surface area (Å²) in [5, 5.41) is 3.80. The van der Waals surface area contributed by atoms with Crippen LogP contribution in [0.4, 0.5) is 4.39 Å². The van der Waals surface area contributed by atoms with Crippen LogP contribution in [0, 0.1) is 12.7 Å². The van der Waals surface area contributed by atoms with Crippen molar-refractivity contribution in [3.05, 3.63) is 35.1 Å². The van der Waals surface area contributed by atoms with Gasteiger partial charge in [-0.15, -0.1) is 0 Å². The van der Waals surface area contributed by atoms with Crippen molar-refractivity contribution >= 4 is 21.8 Å². The molecule has 0 aliphatic rings. The van der Waals surface area contributed by atoms with E-state index in [-0.39, 0.29) is 11.7 Å². The monoisotopic (exact) mass is 301 g/mol. The largest absolute Gasteiger partial charge is 0.352 e. The molecule has 94 valence electrons. The average molecular weight is 302 g/mol. The van der Waals surface area contributed by atoms with Crippen molar-refractivity contribution in [2.45, 2.75) is 26.2 Å². The summed E-state index contributed by atoms with van der Waals surface area (Å²) in [6.45, 7) is 2.45. The maximum absolute atomic E-state index is 13.0. The lowest BCUT2D eigenvalue weighted by Gasteiger charge is -2.07. The second kappa shape index (κ2) is 7.43. The number of rotatable bonds is 6. The van der Waals surface area contributed by atoms with E-state index in [1.807, 2.05) is 0 Å². The second-order valence-corrected chi connectivity index (χ2v) is 4.76. The molecule has 0 unspecified atom stereocenters. The van der Waals surface area contributed by atoms with Gasteiger partial charge in [0.15, 0.2) is 0 Å². The number of hydrogen-bond acceptors (Lipinski definition) is 1. The Morgan fingerprint density at radius 3 is 2.82 bits per heavy atom. The molecule has 0 aliphatic carbocycles. The van der Waals surface area contributed by atoms with Gasteiger partial charge in [-0.3, -0.25) is 4.79 Å². The minimum absolute atomic E-state index is 0.194. The SMILES string of the molecule is Cc1ccc(F)cc1C(=O)NCCCCCBr. The van der Waals surface area contributed by atoms with Crippen LogP contribution in [0.1, 0.15) is 35.2 Å². The van der Waals surface area contributed by atoms with Crippen LogP contribution in [0.2, 0.25) is 0 Å². The molecule has 17 heavy (non-hydrogen) atoms. The molecule has 1 amide bonds. The number of aryl methyl sites for hydroxylation is 1. The normalized spacial score (nSPS) is 10.3. The molecule has 4 heteroatoms. The maximum atomic E-state index is 13.0. The molecule has 1 aromatic carbocycles. The molecule has 1 aromatic rings. The highest BCUT2D eigenvalue weighted by Crippen LogP contribution is 2.10. The van der Waals surface area contributed by atoms with Gasteiger partial charge in [-0.2, -0.15) is 0 Å². The van der Waals surface area contributed by atoms with Gasteiger partial charge in [-0.25, -0.2) is 4.39 Å². The molecule has 0 aromatic heterocycles. The highest BCUT2D eigenvalue weighted by atomic mass is 79.9. The highest BCUT2D eigenvalue weighted by Gasteiger charge is 2.08. The van der Waals surface area contributed by atoms with E-state index in [1.165, 1.54) is 12.1 Å². The van der Waals surface area contributed by atoms with E-state index in [9.17, 15) is 9.18 Å². The number of amides is 1. The molecule has 1 rings (SSSR count). The molecule has 1 N–H and O–H groups in total. The number of benzene rings is 1. The van der Waals surface area contributed by atoms with Gasteiger partial charge in [0.05, 0.1) is 0 Å². The van der Waals surface area contributed by atoms with E-state index < -0.39 is 0 Å². The van der Waals surface area contributed by atoms with Gasteiger partial charge in [-0.1, -0.05) is 28.4 Å². The average Bonchev–Trinajstić information content (AvgIpc) is 2.32. The fourth-order valence-electron chi connectivity index (χ4n) is 1.53. The summed E-state index contributed by atoms with van der Waals surface area (Å²) in [4.78, 5) is 11.8. The first-order valence-electron chi connectivity index (χ1n) is 5.75. The van der Waals surface area contributed by atoms with Crippen molar-refractivity contribution in [2.24, 2.45) is 0 Å². The van der Waals surface area contributed by atoms with Gasteiger partial charge in [0.2, 0.25) is 0 Å². The van der Waals surface area contributed by atoms with Gasteiger partial charge in [0.1, 0.15) is 5.82 Å². The molecular formula is C13H17BrFNO. The third-order valence-corrected chi connectivity index (χ3v) is 3.10. The molecule has 0 fully saturated rings. The zero-order valence-corrected chi connectivity index (χ0v) is 11.5. The summed E-state index contributed by atoms with van der Waals surface area (Å²) in [5.74, 6) is -0.569. The predicted octanol–water partition coefficient (Wildman–Crippen LogP) is 3.43. The van der Waals surface area contributed by atoms with E-state index >= 15 is 0 Å². The van der Waals surface area contributed by atoms with Crippen LogP contribution in [0.3, 0.4) is 0 Å². The Labute approximate surface area is 110 Å². The van der Waals surface area contributed by atoms with Crippen molar-refractivity contribution in [3.63, 3.8) is 0 Å². The number of carbonyl (C=O) groups excluding carboxylic acids is 1. The molecule has 0 bridgehead atoms. The van der Waals surface area contributed by atoms with Crippen LogP contribution in [0.25, 0.3) is 0 Å². The fourth-order valence-corrected chi connectivity index (χ4v) is 1.93. The Hall–Kier alpha value is -0.900. The molecule has 0 spiro atoms. The molecule has 0 heterocycles. The number of nitrogens with one attached hydrogen (secondary N) is 1. The van der Waals surface area contributed by atoms with Crippen molar-refractivity contribution in [1.82, 2.24) is 5.32 Å². The Morgan fingerprint density at radius 1 is 1.35 bits per heavy atom. The van der Waals surface area contributed by atoms with Gasteiger partial charge >= 0.3 is 0 Å². The third kappa shape index (κ3) is 4.86. The van der Waals surface area contributed by atoms with Crippen molar-refractivity contribution < 1.29 is 9.18 Å². The number of carbonyl (C=O) groups is 1. The quantitative estimate of drug-likeness (QED) is 0.633. The predicted molar refractivity (Wildman–Crippen MR) is 71.1 cm³/mol. The van der Waals surface area contributed by atoms with Crippen LogP contribution >= 0.6 is 15.9 Å². The maximum Gasteiger partial charge on any atom is 0.251 e. The van der Waals surface area contributed by atoms with Gasteiger partial charge < -0.3 is 5.32 Å². The highest BCUT2D eigenvalue weighted by molar-refractivity contribution is 9.09. The van der Waals surface area contributed by atoms with Gasteiger partial charge in [-0.05, 0) is 37.5 Å². The minimum Gasteiger partial charge on any atom is -0.352 e. The minimum atomic E-state index is -0.375. The first-order valence-corrected chi connectivity index (χ1v) is 6.87. The van der Waals surface area contributed by atoms with E-state index in [0.29, 0.717) is 12.1 Å². The van der Waals surface area contributed by atoms with Crippen LogP contribution in [-0.4, -0.2) is 17.8 Å². The molecular weight excluding hydrogens is 285 g/mol. The lowest BCUT2D eigenvalue weighted by Crippen LogP contribution is -2.25. The summed E-state index contributed by atoms with van der Waals surface area (Å²) in [5.41, 5.74) is 1.22. The molecule has 0 aliphatic heterocycles. The number of hydrogen-bond donors (Lipinski definition) is 1. The molecule has 0 saturated heterocycles. The van der Waals surface area contributed by atoms with Crippen LogP contribution in [0.15, 0.2) is 18.2 Å². The van der Waals surface area contributed by atoms with Crippen LogP contribution < -0.4 is 5.32 Å². The summed E-state index contributed by atoms with van der Waals surface area (Å²) in [6.07, 6.45) is 3.13. The van der Waals surface area contributed by atoms with Gasteiger partial charge in [0.25, 0.3) is 5.91 Å². The van der Waals surface area contributed by atoms with E-state index in [2.05, 4.69) is 21.2 Å². The fraction of sp³-hybridized carbons (Fsp3) is 0.462. The standard InChI is InChI=1S/C13H17BrFNO/c1-10-5-6-11(15)9-12(10)13(17)16-8-4-2-3-7-14/h5-6,9H,2-4,7-8H2,1H3,(H,16,17). The Balaban J connectivity index is 2.44. The first-order chi connectivity index (χ1) is 8.15. The lowest BCUT2D eigenvalue weighted by atomic mass is 10.1. The van der Waals surface area contributed by atoms with Crippen molar-refractivity contribution in [2.75, 3.05) is 11.9 Å². The Kier molecular flexibility index (Phi) is 6.19. The second-order valence-electron chi connectivity index (χ2n) is 3.96. The van der Waals surface area contributed by atoms with Crippen molar-refractivity contribution in [3.8, 4) is 0 Å². The summed E-state index contributed by atoms with van der Waals surface area (Å²) in [7, 11) is 0. The smallest absolute Gasteiger partial charge is 0.251 e. The third-order valence-electron chi connectivity index (χ3n) is 2.54. The molecule has 2 nitrogen and oxygen atoms in total. The number of halogens is 2. The molecule has 0 saturated carbocycles. The van der Waals surface area contributed by atoms with Crippen LogP contribution in [-0.2, 0) is 0 Å². The summed E-state index contributed by atoms with van der Waals surface area (Å²) >= 11 is 3.36. The Bertz CT molecular complexity index is 382. The zero-order chi connectivity index (χ0) is 12.7.